The van der Waals surface area contributed by atoms with Gasteiger partial charge in [0, 0.05) is 12.3 Å². The summed E-state index contributed by atoms with van der Waals surface area (Å²) in [6, 6.07) is 0. The Morgan fingerprint density at radius 3 is 2.47 bits per heavy atom. The number of carbonyl (C=O) groups is 1. The number of ether oxygens (including phenoxy) is 1. The first-order valence-electron chi connectivity index (χ1n) is 4.64. The van der Waals surface area contributed by atoms with Gasteiger partial charge in [0.25, 0.3) is 5.92 Å². The molecule has 0 heterocycles. The SMILES string of the molecule is COC(=O)C1CC1C1CC(F)(F)C1(F)Cl. The monoisotopic (exact) mass is 242 g/mol. The van der Waals surface area contributed by atoms with Crippen molar-refractivity contribution in [1.29, 1.82) is 0 Å². The first-order chi connectivity index (χ1) is 6.81. The van der Waals surface area contributed by atoms with E-state index in [4.69, 9.17) is 11.6 Å². The third-order valence-corrected chi connectivity index (χ3v) is 3.85. The van der Waals surface area contributed by atoms with Crippen LogP contribution in [0.15, 0.2) is 0 Å². The summed E-state index contributed by atoms with van der Waals surface area (Å²) in [5.41, 5.74) is 0. The molecule has 2 fully saturated rings. The summed E-state index contributed by atoms with van der Waals surface area (Å²) in [6.45, 7) is 0. The van der Waals surface area contributed by atoms with Crippen LogP contribution in [0.25, 0.3) is 0 Å². The van der Waals surface area contributed by atoms with E-state index in [1.54, 1.807) is 0 Å². The first-order valence-corrected chi connectivity index (χ1v) is 5.02. The molecule has 15 heavy (non-hydrogen) atoms. The Morgan fingerprint density at radius 2 is 2.07 bits per heavy atom. The van der Waals surface area contributed by atoms with E-state index in [1.807, 2.05) is 0 Å². The molecule has 0 aromatic heterocycles. The van der Waals surface area contributed by atoms with Crippen LogP contribution >= 0.6 is 11.6 Å². The summed E-state index contributed by atoms with van der Waals surface area (Å²) in [5.74, 6) is -5.71. The van der Waals surface area contributed by atoms with Gasteiger partial charge in [0.15, 0.2) is 0 Å². The zero-order valence-corrected chi connectivity index (χ0v) is 8.73. The van der Waals surface area contributed by atoms with Crippen molar-refractivity contribution in [2.24, 2.45) is 17.8 Å². The second kappa shape index (κ2) is 3.03. The van der Waals surface area contributed by atoms with Crippen LogP contribution in [0.5, 0.6) is 0 Å². The number of carbonyl (C=O) groups excluding carboxylic acids is 1. The van der Waals surface area contributed by atoms with Crippen molar-refractivity contribution in [2.45, 2.75) is 23.9 Å². The zero-order chi connectivity index (χ0) is 11.4. The van der Waals surface area contributed by atoms with Crippen molar-refractivity contribution in [2.75, 3.05) is 7.11 Å². The average Bonchev–Trinajstić information content (AvgIpc) is 2.92. The zero-order valence-electron chi connectivity index (χ0n) is 7.97. The lowest BCUT2D eigenvalue weighted by Gasteiger charge is -2.45. The lowest BCUT2D eigenvalue weighted by molar-refractivity contribution is -0.213. The highest BCUT2D eigenvalue weighted by molar-refractivity contribution is 6.24. The van der Waals surface area contributed by atoms with Crippen LogP contribution in [-0.2, 0) is 9.53 Å². The van der Waals surface area contributed by atoms with Crippen LogP contribution in [0.3, 0.4) is 0 Å². The smallest absolute Gasteiger partial charge is 0.308 e. The van der Waals surface area contributed by atoms with Gasteiger partial charge in [0.05, 0.1) is 13.0 Å². The molecule has 0 aromatic carbocycles. The van der Waals surface area contributed by atoms with Gasteiger partial charge >= 0.3 is 5.97 Å². The van der Waals surface area contributed by atoms with E-state index in [2.05, 4.69) is 4.74 Å². The van der Waals surface area contributed by atoms with Gasteiger partial charge in [-0.15, -0.1) is 0 Å². The summed E-state index contributed by atoms with van der Waals surface area (Å²) in [7, 11) is 1.22. The second-order valence-electron chi connectivity index (χ2n) is 4.17. The molecule has 86 valence electrons. The number of hydrogen-bond acceptors (Lipinski definition) is 2. The Kier molecular flexibility index (Phi) is 2.23. The number of halogens is 4. The fourth-order valence-corrected chi connectivity index (χ4v) is 2.50. The van der Waals surface area contributed by atoms with E-state index in [0.717, 1.165) is 0 Å². The summed E-state index contributed by atoms with van der Waals surface area (Å²) in [5, 5.41) is -2.99. The molecular formula is C9H10ClF3O2. The first kappa shape index (κ1) is 11.0. The molecule has 0 aliphatic heterocycles. The molecule has 2 saturated carbocycles. The third kappa shape index (κ3) is 1.43. The molecule has 2 aliphatic rings. The van der Waals surface area contributed by atoms with E-state index in [1.165, 1.54) is 7.11 Å². The lowest BCUT2D eigenvalue weighted by atomic mass is 9.74. The molecule has 4 atom stereocenters. The summed E-state index contributed by atoms with van der Waals surface area (Å²) in [6.07, 6.45) is -0.184. The van der Waals surface area contributed by atoms with E-state index in [0.29, 0.717) is 6.42 Å². The summed E-state index contributed by atoms with van der Waals surface area (Å²) >= 11 is 5.14. The topological polar surface area (TPSA) is 26.3 Å². The Hall–Kier alpha value is -0.450. The molecule has 6 heteroatoms. The predicted molar refractivity (Wildman–Crippen MR) is 46.4 cm³/mol. The van der Waals surface area contributed by atoms with Crippen molar-refractivity contribution in [3.8, 4) is 0 Å². The maximum atomic E-state index is 13.3. The van der Waals surface area contributed by atoms with Crippen LogP contribution in [0.2, 0.25) is 0 Å². The van der Waals surface area contributed by atoms with Gasteiger partial charge in [-0.3, -0.25) is 4.79 Å². The van der Waals surface area contributed by atoms with Gasteiger partial charge < -0.3 is 4.74 Å². The summed E-state index contributed by atoms with van der Waals surface area (Å²) in [4.78, 5) is 11.0. The van der Waals surface area contributed by atoms with Crippen molar-refractivity contribution >= 4 is 17.6 Å². The molecule has 0 spiro atoms. The molecule has 0 N–H and O–H groups in total. The van der Waals surface area contributed by atoms with Crippen molar-refractivity contribution in [3.63, 3.8) is 0 Å². The molecule has 0 saturated heterocycles. The minimum Gasteiger partial charge on any atom is -0.469 e. The Balaban J connectivity index is 1.98. The number of alkyl halides is 4. The minimum atomic E-state index is -3.47. The number of methoxy groups -OCH3 is 1. The fraction of sp³-hybridized carbons (Fsp3) is 0.889. The van der Waals surface area contributed by atoms with E-state index in [9.17, 15) is 18.0 Å². The molecule has 0 radical (unpaired) electrons. The van der Waals surface area contributed by atoms with Crippen LogP contribution in [0.4, 0.5) is 13.2 Å². The lowest BCUT2D eigenvalue weighted by Crippen LogP contribution is -2.58. The Labute approximate surface area is 89.7 Å². The standard InChI is InChI=1S/C9H10ClF3O2/c1-15-7(14)5-2-4(5)6-3-8(11,12)9(6,10)13/h4-6H,2-3H2,1H3. The highest BCUT2D eigenvalue weighted by atomic mass is 35.5. The normalized spacial score (nSPS) is 46.9. The number of esters is 1. The largest absolute Gasteiger partial charge is 0.469 e. The van der Waals surface area contributed by atoms with E-state index >= 15 is 0 Å². The molecular weight excluding hydrogens is 233 g/mol. The average molecular weight is 243 g/mol. The number of rotatable bonds is 2. The van der Waals surface area contributed by atoms with Gasteiger partial charge in [-0.1, -0.05) is 11.6 Å². The Bertz CT molecular complexity index is 306. The molecule has 2 nitrogen and oxygen atoms in total. The predicted octanol–water partition coefficient (Wildman–Crippen LogP) is 2.36. The van der Waals surface area contributed by atoms with Crippen LogP contribution < -0.4 is 0 Å². The van der Waals surface area contributed by atoms with Crippen LogP contribution in [0, 0.1) is 17.8 Å². The minimum absolute atomic E-state index is 0.389. The maximum Gasteiger partial charge on any atom is 0.308 e. The Morgan fingerprint density at radius 1 is 1.47 bits per heavy atom. The second-order valence-corrected chi connectivity index (χ2v) is 4.72. The van der Waals surface area contributed by atoms with E-state index in [-0.39, 0.29) is 5.92 Å². The van der Waals surface area contributed by atoms with Gasteiger partial charge in [-0.2, -0.15) is 0 Å². The maximum absolute atomic E-state index is 13.3. The number of hydrogen-bond donors (Lipinski definition) is 0. The van der Waals surface area contributed by atoms with Crippen LogP contribution in [-0.4, -0.2) is 24.1 Å². The summed E-state index contributed by atoms with van der Waals surface area (Å²) < 4.78 is 43.3. The molecule has 2 aliphatic carbocycles. The van der Waals surface area contributed by atoms with E-state index < -0.39 is 35.3 Å². The quantitative estimate of drug-likeness (QED) is 0.549. The van der Waals surface area contributed by atoms with Crippen molar-refractivity contribution in [1.82, 2.24) is 0 Å². The van der Waals surface area contributed by atoms with Crippen molar-refractivity contribution < 1.29 is 22.7 Å². The van der Waals surface area contributed by atoms with Gasteiger partial charge in [-0.25, -0.2) is 13.2 Å². The molecule has 2 rings (SSSR count). The molecule has 4 unspecified atom stereocenters. The highest BCUT2D eigenvalue weighted by Crippen LogP contribution is 2.65. The van der Waals surface area contributed by atoms with Crippen LogP contribution in [0.1, 0.15) is 12.8 Å². The van der Waals surface area contributed by atoms with Gasteiger partial charge in [0.1, 0.15) is 0 Å². The molecule has 0 amide bonds. The highest BCUT2D eigenvalue weighted by Gasteiger charge is 2.74. The third-order valence-electron chi connectivity index (χ3n) is 3.29. The fourth-order valence-electron chi connectivity index (χ4n) is 2.18. The van der Waals surface area contributed by atoms with Crippen molar-refractivity contribution in [3.05, 3.63) is 0 Å². The molecule has 0 aromatic rings. The van der Waals surface area contributed by atoms with Gasteiger partial charge in [-0.05, 0) is 12.3 Å². The molecule has 0 bridgehead atoms. The van der Waals surface area contributed by atoms with Gasteiger partial charge in [0.2, 0.25) is 5.13 Å².